The molecule has 0 saturated carbocycles. The molecular weight excluding hydrogens is 466 g/mol. The molecular formula is C23H24ClN3O5S. The van der Waals surface area contributed by atoms with Crippen molar-refractivity contribution in [3.05, 3.63) is 82.8 Å². The number of rotatable bonds is 9. The lowest BCUT2D eigenvalue weighted by molar-refractivity contribution is 0.0949. The van der Waals surface area contributed by atoms with Crippen molar-refractivity contribution in [3.63, 3.8) is 0 Å². The Balaban J connectivity index is 1.72. The molecule has 0 fully saturated rings. The molecule has 3 aromatic rings. The largest absolute Gasteiger partial charge is 0.459 e. The molecule has 10 heteroatoms. The molecule has 0 aliphatic carbocycles. The van der Waals surface area contributed by atoms with Crippen LogP contribution in [-0.2, 0) is 16.6 Å². The molecule has 2 N–H and O–H groups in total. The van der Waals surface area contributed by atoms with Gasteiger partial charge in [-0.3, -0.25) is 9.59 Å². The molecule has 0 atom stereocenters. The lowest BCUT2D eigenvalue weighted by Crippen LogP contribution is -2.31. The van der Waals surface area contributed by atoms with E-state index in [1.54, 1.807) is 50.2 Å². The Hall–Kier alpha value is -3.14. The van der Waals surface area contributed by atoms with Crippen LogP contribution in [0.5, 0.6) is 0 Å². The van der Waals surface area contributed by atoms with Crippen LogP contribution in [0.3, 0.4) is 0 Å². The highest BCUT2D eigenvalue weighted by atomic mass is 35.5. The van der Waals surface area contributed by atoms with Crippen molar-refractivity contribution < 1.29 is 22.4 Å². The van der Waals surface area contributed by atoms with E-state index in [1.807, 2.05) is 0 Å². The Morgan fingerprint density at radius 1 is 1.00 bits per heavy atom. The number of sulfonamides is 1. The maximum atomic E-state index is 12.8. The number of hydrogen-bond donors (Lipinski definition) is 2. The molecule has 1 heterocycles. The number of hydrogen-bond acceptors (Lipinski definition) is 5. The molecule has 0 bridgehead atoms. The Kier molecular flexibility index (Phi) is 7.91. The number of carbonyl (C=O) groups excluding carboxylic acids is 2. The normalized spacial score (nSPS) is 11.4. The second-order valence-electron chi connectivity index (χ2n) is 7.05. The van der Waals surface area contributed by atoms with Crippen molar-refractivity contribution in [2.45, 2.75) is 25.3 Å². The van der Waals surface area contributed by atoms with Crippen LogP contribution in [0.1, 0.15) is 40.3 Å². The Morgan fingerprint density at radius 3 is 2.42 bits per heavy atom. The summed E-state index contributed by atoms with van der Waals surface area (Å²) in [6, 6.07) is 14.2. The van der Waals surface area contributed by atoms with Gasteiger partial charge in [0, 0.05) is 25.3 Å². The number of benzene rings is 2. The van der Waals surface area contributed by atoms with Crippen LogP contribution in [0.2, 0.25) is 5.02 Å². The van der Waals surface area contributed by atoms with Gasteiger partial charge in [0.2, 0.25) is 10.0 Å². The maximum absolute atomic E-state index is 12.8. The highest BCUT2D eigenvalue weighted by molar-refractivity contribution is 7.89. The van der Waals surface area contributed by atoms with Crippen LogP contribution in [-0.4, -0.2) is 37.6 Å². The van der Waals surface area contributed by atoms with Crippen LogP contribution in [0.15, 0.2) is 70.2 Å². The van der Waals surface area contributed by atoms with Crippen molar-refractivity contribution in [1.82, 2.24) is 9.62 Å². The number of amides is 2. The minimum atomic E-state index is -3.73. The van der Waals surface area contributed by atoms with Crippen LogP contribution < -0.4 is 10.6 Å². The van der Waals surface area contributed by atoms with E-state index in [0.717, 1.165) is 5.56 Å². The first-order valence-corrected chi connectivity index (χ1v) is 12.1. The minimum Gasteiger partial charge on any atom is -0.459 e. The van der Waals surface area contributed by atoms with Gasteiger partial charge in [-0.15, -0.1) is 0 Å². The van der Waals surface area contributed by atoms with Gasteiger partial charge in [0.25, 0.3) is 11.8 Å². The van der Waals surface area contributed by atoms with Crippen LogP contribution in [0, 0.1) is 0 Å². The summed E-state index contributed by atoms with van der Waals surface area (Å²) in [5, 5.41) is 5.60. The molecule has 1 aromatic heterocycles. The van der Waals surface area contributed by atoms with Crippen molar-refractivity contribution >= 4 is 39.1 Å². The molecule has 8 nitrogen and oxygen atoms in total. The standard InChI is InChI=1S/C23H24ClN3O5S/c1-3-27(4-2)33(30,31)18-10-11-20(24)19(14-18)22(28)25-15-16-7-5-8-17(13-16)26-23(29)21-9-6-12-32-21/h5-14H,3-4,15H2,1-2H3,(H,25,28)(H,26,29). The summed E-state index contributed by atoms with van der Waals surface area (Å²) in [6.07, 6.45) is 1.41. The van der Waals surface area contributed by atoms with Gasteiger partial charge in [0.05, 0.1) is 21.7 Å². The molecule has 174 valence electrons. The number of anilines is 1. The molecule has 0 aliphatic heterocycles. The predicted molar refractivity (Wildman–Crippen MR) is 126 cm³/mol. The van der Waals surface area contributed by atoms with E-state index >= 15 is 0 Å². The lowest BCUT2D eigenvalue weighted by Gasteiger charge is -2.19. The molecule has 3 rings (SSSR count). The number of carbonyl (C=O) groups is 2. The summed E-state index contributed by atoms with van der Waals surface area (Å²) in [5.41, 5.74) is 1.32. The number of halogens is 1. The fourth-order valence-electron chi connectivity index (χ4n) is 3.19. The molecule has 2 aromatic carbocycles. The predicted octanol–water partition coefficient (Wildman–Crippen LogP) is 4.15. The van der Waals surface area contributed by atoms with Gasteiger partial charge in [-0.1, -0.05) is 37.6 Å². The van der Waals surface area contributed by atoms with Gasteiger partial charge in [-0.05, 0) is 48.0 Å². The lowest BCUT2D eigenvalue weighted by atomic mass is 10.1. The first-order chi connectivity index (χ1) is 15.8. The first-order valence-electron chi connectivity index (χ1n) is 10.3. The molecule has 0 saturated heterocycles. The van der Waals surface area contributed by atoms with Crippen molar-refractivity contribution in [3.8, 4) is 0 Å². The van der Waals surface area contributed by atoms with E-state index in [9.17, 15) is 18.0 Å². The fraction of sp³-hybridized carbons (Fsp3) is 0.217. The van der Waals surface area contributed by atoms with E-state index in [-0.39, 0.29) is 33.7 Å². The number of nitrogens with zero attached hydrogens (tertiary/aromatic N) is 1. The zero-order valence-corrected chi connectivity index (χ0v) is 19.7. The van der Waals surface area contributed by atoms with Crippen LogP contribution in [0.25, 0.3) is 0 Å². The molecule has 0 spiro atoms. The topological polar surface area (TPSA) is 109 Å². The molecule has 2 amide bonds. The second-order valence-corrected chi connectivity index (χ2v) is 9.39. The quantitative estimate of drug-likeness (QED) is 0.469. The summed E-state index contributed by atoms with van der Waals surface area (Å²) >= 11 is 6.18. The van der Waals surface area contributed by atoms with E-state index < -0.39 is 15.9 Å². The average molecular weight is 490 g/mol. The molecule has 0 aliphatic rings. The Bertz CT molecular complexity index is 1240. The zero-order valence-electron chi connectivity index (χ0n) is 18.2. The summed E-state index contributed by atoms with van der Waals surface area (Å²) in [6.45, 7) is 4.27. The summed E-state index contributed by atoms with van der Waals surface area (Å²) in [4.78, 5) is 24.9. The molecule has 0 radical (unpaired) electrons. The highest BCUT2D eigenvalue weighted by Crippen LogP contribution is 2.23. The third kappa shape index (κ3) is 5.81. The maximum Gasteiger partial charge on any atom is 0.291 e. The van der Waals surface area contributed by atoms with Crippen LogP contribution >= 0.6 is 11.6 Å². The Morgan fingerprint density at radius 2 is 1.76 bits per heavy atom. The monoisotopic (exact) mass is 489 g/mol. The smallest absolute Gasteiger partial charge is 0.291 e. The molecule has 33 heavy (non-hydrogen) atoms. The first kappa shape index (κ1) is 24.5. The minimum absolute atomic E-state index is 0.00314. The second kappa shape index (κ2) is 10.7. The van der Waals surface area contributed by atoms with Gasteiger partial charge in [-0.25, -0.2) is 8.42 Å². The SMILES string of the molecule is CCN(CC)S(=O)(=O)c1ccc(Cl)c(C(=O)NCc2cccc(NC(=O)c3ccco3)c2)c1. The number of furan rings is 1. The number of nitrogens with one attached hydrogen (secondary N) is 2. The average Bonchev–Trinajstić information content (AvgIpc) is 3.34. The van der Waals surface area contributed by atoms with Gasteiger partial charge < -0.3 is 15.1 Å². The Labute approximate surface area is 197 Å². The summed E-state index contributed by atoms with van der Waals surface area (Å²) in [7, 11) is -3.73. The highest BCUT2D eigenvalue weighted by Gasteiger charge is 2.23. The zero-order chi connectivity index (χ0) is 24.0. The van der Waals surface area contributed by atoms with E-state index in [4.69, 9.17) is 16.0 Å². The third-order valence-electron chi connectivity index (χ3n) is 4.91. The molecule has 0 unspecified atom stereocenters. The van der Waals surface area contributed by atoms with Crippen molar-refractivity contribution in [2.24, 2.45) is 0 Å². The third-order valence-corrected chi connectivity index (χ3v) is 7.28. The summed E-state index contributed by atoms with van der Waals surface area (Å²) < 4.78 is 31.9. The van der Waals surface area contributed by atoms with Gasteiger partial charge in [-0.2, -0.15) is 4.31 Å². The van der Waals surface area contributed by atoms with E-state index in [2.05, 4.69) is 10.6 Å². The van der Waals surface area contributed by atoms with Gasteiger partial charge >= 0.3 is 0 Å². The van der Waals surface area contributed by atoms with Crippen LogP contribution in [0.4, 0.5) is 5.69 Å². The van der Waals surface area contributed by atoms with E-state index in [1.165, 1.54) is 28.8 Å². The summed E-state index contributed by atoms with van der Waals surface area (Å²) in [5.74, 6) is -0.719. The van der Waals surface area contributed by atoms with E-state index in [0.29, 0.717) is 18.8 Å². The van der Waals surface area contributed by atoms with Gasteiger partial charge in [0.15, 0.2) is 5.76 Å². The van der Waals surface area contributed by atoms with Crippen molar-refractivity contribution in [2.75, 3.05) is 18.4 Å². The fourth-order valence-corrected chi connectivity index (χ4v) is 4.88. The van der Waals surface area contributed by atoms with Crippen molar-refractivity contribution in [1.29, 1.82) is 0 Å². The van der Waals surface area contributed by atoms with Gasteiger partial charge in [0.1, 0.15) is 0 Å².